The topological polar surface area (TPSA) is 53.3 Å². The zero-order chi connectivity index (χ0) is 13.3. The second-order valence-corrected chi connectivity index (χ2v) is 4.45. The Morgan fingerprint density at radius 3 is 2.83 bits per heavy atom. The summed E-state index contributed by atoms with van der Waals surface area (Å²) in [6, 6.07) is 7.05. The van der Waals surface area contributed by atoms with Crippen LogP contribution in [0.4, 0.5) is 0 Å². The number of rotatable bonds is 3. The number of carbonyl (C=O) groups is 1. The molecule has 0 saturated carbocycles. The number of amides is 1. The molecule has 4 nitrogen and oxygen atoms in total. The van der Waals surface area contributed by atoms with Crippen molar-refractivity contribution < 1.29 is 9.53 Å². The predicted octanol–water partition coefficient (Wildman–Crippen LogP) is 2.51. The van der Waals surface area contributed by atoms with Crippen molar-refractivity contribution in [2.75, 3.05) is 7.11 Å². The minimum Gasteiger partial charge on any atom is -0.497 e. The zero-order valence-corrected chi connectivity index (χ0v) is 10.8. The van der Waals surface area contributed by atoms with Gasteiger partial charge in [-0.25, -0.2) is 0 Å². The van der Waals surface area contributed by atoms with Gasteiger partial charge < -0.3 is 9.64 Å². The average Bonchev–Trinajstić information content (AvgIpc) is 2.69. The van der Waals surface area contributed by atoms with Crippen LogP contribution in [0.2, 0.25) is 0 Å². The predicted molar refractivity (Wildman–Crippen MR) is 67.3 cm³/mol. The van der Waals surface area contributed by atoms with Gasteiger partial charge in [-0.2, -0.15) is 5.26 Å². The lowest BCUT2D eigenvalue weighted by atomic mass is 10.0. The Labute approximate surface area is 107 Å². The van der Waals surface area contributed by atoms with E-state index in [-0.39, 0.29) is 11.9 Å². The fourth-order valence-corrected chi connectivity index (χ4v) is 2.28. The van der Waals surface area contributed by atoms with Gasteiger partial charge in [0.15, 0.2) is 0 Å². The molecule has 1 aliphatic heterocycles. The SMILES string of the molecule is CCC(C)N1C(=O)c2ccc(OC)cc2C1C#N. The summed E-state index contributed by atoms with van der Waals surface area (Å²) in [5.41, 5.74) is 1.37. The van der Waals surface area contributed by atoms with E-state index in [9.17, 15) is 10.1 Å². The highest BCUT2D eigenvalue weighted by Gasteiger charge is 2.39. The molecule has 18 heavy (non-hydrogen) atoms. The molecule has 0 bridgehead atoms. The smallest absolute Gasteiger partial charge is 0.255 e. The van der Waals surface area contributed by atoms with Crippen molar-refractivity contribution in [3.63, 3.8) is 0 Å². The molecule has 0 N–H and O–H groups in total. The van der Waals surface area contributed by atoms with Gasteiger partial charge in [0.05, 0.1) is 13.2 Å². The normalized spacial score (nSPS) is 19.3. The fourth-order valence-electron chi connectivity index (χ4n) is 2.28. The number of ether oxygens (including phenoxy) is 1. The number of benzene rings is 1. The van der Waals surface area contributed by atoms with E-state index in [0.29, 0.717) is 11.3 Å². The van der Waals surface area contributed by atoms with Crippen LogP contribution in [0.1, 0.15) is 42.2 Å². The van der Waals surface area contributed by atoms with Crippen molar-refractivity contribution in [3.8, 4) is 11.8 Å². The zero-order valence-electron chi connectivity index (χ0n) is 10.8. The molecule has 2 rings (SSSR count). The van der Waals surface area contributed by atoms with Gasteiger partial charge in [0, 0.05) is 17.2 Å². The molecule has 94 valence electrons. The number of fused-ring (bicyclic) bond motifs is 1. The van der Waals surface area contributed by atoms with Gasteiger partial charge in [-0.15, -0.1) is 0 Å². The first-order chi connectivity index (χ1) is 8.63. The molecule has 1 aromatic carbocycles. The summed E-state index contributed by atoms with van der Waals surface area (Å²) in [5.74, 6) is 0.612. The van der Waals surface area contributed by atoms with E-state index in [4.69, 9.17) is 4.74 Å². The van der Waals surface area contributed by atoms with Crippen molar-refractivity contribution >= 4 is 5.91 Å². The molecule has 4 heteroatoms. The van der Waals surface area contributed by atoms with Crippen LogP contribution in [0.15, 0.2) is 18.2 Å². The van der Waals surface area contributed by atoms with Crippen LogP contribution in [0.5, 0.6) is 5.75 Å². The maximum Gasteiger partial charge on any atom is 0.255 e. The molecule has 0 fully saturated rings. The third kappa shape index (κ3) is 1.72. The van der Waals surface area contributed by atoms with Crippen LogP contribution in [0, 0.1) is 11.3 Å². The molecule has 1 amide bonds. The third-order valence-corrected chi connectivity index (χ3v) is 3.48. The van der Waals surface area contributed by atoms with Crippen molar-refractivity contribution in [2.45, 2.75) is 32.4 Å². The monoisotopic (exact) mass is 244 g/mol. The Bertz CT molecular complexity index is 519. The largest absolute Gasteiger partial charge is 0.497 e. The lowest BCUT2D eigenvalue weighted by Crippen LogP contribution is -2.35. The van der Waals surface area contributed by atoms with Crippen LogP contribution in [0.3, 0.4) is 0 Å². The number of hydrogen-bond acceptors (Lipinski definition) is 3. The average molecular weight is 244 g/mol. The second-order valence-electron chi connectivity index (χ2n) is 4.45. The fraction of sp³-hybridized carbons (Fsp3) is 0.429. The van der Waals surface area contributed by atoms with E-state index in [1.807, 2.05) is 13.8 Å². The highest BCUT2D eigenvalue weighted by atomic mass is 16.5. The van der Waals surface area contributed by atoms with Gasteiger partial charge in [0.2, 0.25) is 0 Å². The van der Waals surface area contributed by atoms with Crippen LogP contribution in [-0.2, 0) is 0 Å². The molecular weight excluding hydrogens is 228 g/mol. The van der Waals surface area contributed by atoms with E-state index in [2.05, 4.69) is 6.07 Å². The molecule has 1 heterocycles. The number of carbonyl (C=O) groups excluding carboxylic acids is 1. The summed E-state index contributed by atoms with van der Waals surface area (Å²) in [6.07, 6.45) is 0.828. The van der Waals surface area contributed by atoms with Crippen molar-refractivity contribution in [1.82, 2.24) is 4.90 Å². The quantitative estimate of drug-likeness (QED) is 0.821. The first-order valence-corrected chi connectivity index (χ1v) is 6.04. The molecule has 0 radical (unpaired) electrons. The maximum atomic E-state index is 12.3. The summed E-state index contributed by atoms with van der Waals surface area (Å²) >= 11 is 0. The van der Waals surface area contributed by atoms with E-state index in [0.717, 1.165) is 12.0 Å². The van der Waals surface area contributed by atoms with E-state index in [1.165, 1.54) is 0 Å². The van der Waals surface area contributed by atoms with Crippen LogP contribution in [-0.4, -0.2) is 24.0 Å². The van der Waals surface area contributed by atoms with Gasteiger partial charge >= 0.3 is 0 Å². The number of nitrogens with zero attached hydrogens (tertiary/aromatic N) is 2. The van der Waals surface area contributed by atoms with E-state index < -0.39 is 6.04 Å². The Morgan fingerprint density at radius 1 is 1.56 bits per heavy atom. The third-order valence-electron chi connectivity index (χ3n) is 3.48. The summed E-state index contributed by atoms with van der Waals surface area (Å²) in [7, 11) is 1.58. The van der Waals surface area contributed by atoms with E-state index >= 15 is 0 Å². The van der Waals surface area contributed by atoms with Crippen LogP contribution >= 0.6 is 0 Å². The van der Waals surface area contributed by atoms with Crippen molar-refractivity contribution in [3.05, 3.63) is 29.3 Å². The Hall–Kier alpha value is -2.02. The Kier molecular flexibility index (Phi) is 3.24. The summed E-state index contributed by atoms with van der Waals surface area (Å²) in [6.45, 7) is 3.97. The molecule has 1 aliphatic rings. The number of methoxy groups -OCH3 is 1. The minimum absolute atomic E-state index is 0.0561. The molecule has 0 aromatic heterocycles. The summed E-state index contributed by atoms with van der Waals surface area (Å²) < 4.78 is 5.15. The minimum atomic E-state index is -0.502. The highest BCUT2D eigenvalue weighted by Crippen LogP contribution is 2.37. The number of nitriles is 1. The van der Waals surface area contributed by atoms with Crippen LogP contribution < -0.4 is 4.74 Å². The van der Waals surface area contributed by atoms with Crippen molar-refractivity contribution in [2.24, 2.45) is 0 Å². The van der Waals surface area contributed by atoms with Gasteiger partial charge in [-0.05, 0) is 31.5 Å². The molecule has 2 atom stereocenters. The Balaban J connectivity index is 2.50. The molecule has 0 aliphatic carbocycles. The van der Waals surface area contributed by atoms with E-state index in [1.54, 1.807) is 30.2 Å². The first kappa shape index (κ1) is 12.4. The first-order valence-electron chi connectivity index (χ1n) is 6.04. The van der Waals surface area contributed by atoms with Crippen molar-refractivity contribution in [1.29, 1.82) is 5.26 Å². The molecule has 0 saturated heterocycles. The van der Waals surface area contributed by atoms with Gasteiger partial charge in [0.1, 0.15) is 11.8 Å². The standard InChI is InChI=1S/C14H16N2O2/c1-4-9(2)16-13(8-15)12-7-10(18-3)5-6-11(12)14(16)17/h5-7,9,13H,4H2,1-3H3. The summed E-state index contributed by atoms with van der Waals surface area (Å²) in [5, 5.41) is 9.32. The Morgan fingerprint density at radius 2 is 2.28 bits per heavy atom. The van der Waals surface area contributed by atoms with Gasteiger partial charge in [-0.1, -0.05) is 6.92 Å². The molecule has 1 aromatic rings. The highest BCUT2D eigenvalue weighted by molar-refractivity contribution is 6.00. The molecule has 2 unspecified atom stereocenters. The van der Waals surface area contributed by atoms with Gasteiger partial charge in [-0.3, -0.25) is 4.79 Å². The maximum absolute atomic E-state index is 12.3. The summed E-state index contributed by atoms with van der Waals surface area (Å²) in [4.78, 5) is 14.0. The molecular formula is C14H16N2O2. The molecule has 0 spiro atoms. The number of hydrogen-bond donors (Lipinski definition) is 0. The second kappa shape index (κ2) is 4.69. The van der Waals surface area contributed by atoms with Crippen LogP contribution in [0.25, 0.3) is 0 Å². The lowest BCUT2D eigenvalue weighted by Gasteiger charge is -2.26. The lowest BCUT2D eigenvalue weighted by molar-refractivity contribution is 0.0684. The van der Waals surface area contributed by atoms with Gasteiger partial charge in [0.25, 0.3) is 5.91 Å².